The van der Waals surface area contributed by atoms with Crippen LogP contribution in [0.2, 0.25) is 0 Å². The van der Waals surface area contributed by atoms with E-state index in [9.17, 15) is 4.79 Å². The molecule has 6 nitrogen and oxygen atoms in total. The van der Waals surface area contributed by atoms with Gasteiger partial charge in [-0.05, 0) is 31.6 Å². The number of pyridine rings is 1. The van der Waals surface area contributed by atoms with Crippen molar-refractivity contribution in [3.8, 4) is 0 Å². The van der Waals surface area contributed by atoms with Crippen LogP contribution in [-0.2, 0) is 4.74 Å². The molecule has 3 heterocycles. The van der Waals surface area contributed by atoms with Gasteiger partial charge in [-0.25, -0.2) is 19.7 Å². The number of ether oxygens (including phenoxy) is 1. The fourth-order valence-corrected chi connectivity index (χ4v) is 2.98. The number of esters is 1. The number of rotatable bonds is 3. The molecule has 0 aliphatic carbocycles. The van der Waals surface area contributed by atoms with E-state index in [2.05, 4.69) is 19.9 Å². The topological polar surface area (TPSA) is 68.2 Å². The third-order valence-corrected chi connectivity index (χ3v) is 4.32. The maximum absolute atomic E-state index is 11.9. The third-order valence-electron chi connectivity index (χ3n) is 3.76. The quantitative estimate of drug-likeness (QED) is 0.489. The molecule has 0 bridgehead atoms. The van der Waals surface area contributed by atoms with E-state index in [-0.39, 0.29) is 0 Å². The number of nitrogens with zero attached hydrogens (tertiary/aromatic N) is 4. The SMILES string of the molecule is COC(=O)c1cc2cnc(SC)nc2c(N2CCCCC2)n1. The van der Waals surface area contributed by atoms with Crippen LogP contribution < -0.4 is 4.90 Å². The molecular formula is C15H18N4O2S. The second kappa shape index (κ2) is 6.48. The van der Waals surface area contributed by atoms with Crippen molar-refractivity contribution < 1.29 is 9.53 Å². The molecule has 22 heavy (non-hydrogen) atoms. The van der Waals surface area contributed by atoms with E-state index in [4.69, 9.17) is 4.74 Å². The Morgan fingerprint density at radius 1 is 1.27 bits per heavy atom. The van der Waals surface area contributed by atoms with Crippen LogP contribution in [-0.4, -0.2) is 47.4 Å². The van der Waals surface area contributed by atoms with Gasteiger partial charge in [-0.1, -0.05) is 11.8 Å². The number of hydrogen-bond acceptors (Lipinski definition) is 7. The summed E-state index contributed by atoms with van der Waals surface area (Å²) in [6.07, 6.45) is 7.18. The second-order valence-corrected chi connectivity index (χ2v) is 5.94. The third kappa shape index (κ3) is 2.85. The molecule has 0 unspecified atom stereocenters. The number of aromatic nitrogens is 3. The van der Waals surface area contributed by atoms with Gasteiger partial charge in [0.25, 0.3) is 0 Å². The number of carbonyl (C=O) groups excluding carboxylic acids is 1. The van der Waals surface area contributed by atoms with Gasteiger partial charge in [-0.2, -0.15) is 0 Å². The number of thioether (sulfide) groups is 1. The normalized spacial score (nSPS) is 15.1. The van der Waals surface area contributed by atoms with Crippen molar-refractivity contribution >= 4 is 34.5 Å². The molecule has 116 valence electrons. The van der Waals surface area contributed by atoms with Crippen LogP contribution in [0.5, 0.6) is 0 Å². The number of fused-ring (bicyclic) bond motifs is 1. The number of anilines is 1. The van der Waals surface area contributed by atoms with Gasteiger partial charge in [0.15, 0.2) is 16.7 Å². The maximum atomic E-state index is 11.9. The Bertz CT molecular complexity index is 701. The van der Waals surface area contributed by atoms with E-state index in [1.807, 2.05) is 6.26 Å². The van der Waals surface area contributed by atoms with Crippen molar-refractivity contribution in [2.75, 3.05) is 31.4 Å². The van der Waals surface area contributed by atoms with Gasteiger partial charge in [0, 0.05) is 24.7 Å². The zero-order valence-corrected chi connectivity index (χ0v) is 13.5. The van der Waals surface area contributed by atoms with Crippen LogP contribution in [0, 0.1) is 0 Å². The Labute approximate surface area is 133 Å². The fourth-order valence-electron chi connectivity index (χ4n) is 2.64. The van der Waals surface area contributed by atoms with Crippen molar-refractivity contribution in [3.05, 3.63) is 18.0 Å². The monoisotopic (exact) mass is 318 g/mol. The number of hydrogen-bond donors (Lipinski definition) is 0. The predicted octanol–water partition coefficient (Wildman–Crippen LogP) is 2.52. The Hall–Kier alpha value is -1.89. The summed E-state index contributed by atoms with van der Waals surface area (Å²) in [6, 6.07) is 1.69. The fraction of sp³-hybridized carbons (Fsp3) is 0.467. The minimum Gasteiger partial charge on any atom is -0.464 e. The molecular weight excluding hydrogens is 300 g/mol. The smallest absolute Gasteiger partial charge is 0.356 e. The first-order valence-electron chi connectivity index (χ1n) is 7.28. The molecule has 0 radical (unpaired) electrons. The highest BCUT2D eigenvalue weighted by Gasteiger charge is 2.20. The molecule has 1 aliphatic rings. The summed E-state index contributed by atoms with van der Waals surface area (Å²) in [6.45, 7) is 1.87. The highest BCUT2D eigenvalue weighted by molar-refractivity contribution is 7.98. The van der Waals surface area contributed by atoms with Crippen molar-refractivity contribution in [2.45, 2.75) is 24.4 Å². The van der Waals surface area contributed by atoms with Crippen LogP contribution in [0.4, 0.5) is 5.82 Å². The highest BCUT2D eigenvalue weighted by Crippen LogP contribution is 2.27. The van der Waals surface area contributed by atoms with Gasteiger partial charge in [-0.15, -0.1) is 0 Å². The van der Waals surface area contributed by atoms with E-state index in [0.29, 0.717) is 10.9 Å². The molecule has 2 aromatic rings. The van der Waals surface area contributed by atoms with Crippen LogP contribution >= 0.6 is 11.8 Å². The summed E-state index contributed by atoms with van der Waals surface area (Å²) in [5.41, 5.74) is 1.10. The molecule has 0 amide bonds. The lowest BCUT2D eigenvalue weighted by Gasteiger charge is -2.28. The highest BCUT2D eigenvalue weighted by atomic mass is 32.2. The summed E-state index contributed by atoms with van der Waals surface area (Å²) in [5.74, 6) is 0.324. The number of piperidine rings is 1. The Kier molecular flexibility index (Phi) is 4.42. The van der Waals surface area contributed by atoms with Crippen molar-refractivity contribution in [2.24, 2.45) is 0 Å². The van der Waals surface area contributed by atoms with Gasteiger partial charge in [-0.3, -0.25) is 0 Å². The minimum absolute atomic E-state index is 0.302. The summed E-state index contributed by atoms with van der Waals surface area (Å²) >= 11 is 1.49. The zero-order chi connectivity index (χ0) is 15.5. The van der Waals surface area contributed by atoms with Crippen LogP contribution in [0.3, 0.4) is 0 Å². The molecule has 0 N–H and O–H groups in total. The summed E-state index contributed by atoms with van der Waals surface area (Å²) in [4.78, 5) is 27.5. The standard InChI is InChI=1S/C15H18N4O2S/c1-21-14(20)11-8-10-9-16-15(22-2)18-12(10)13(17-11)19-6-4-3-5-7-19/h8-9H,3-7H2,1-2H3. The largest absolute Gasteiger partial charge is 0.464 e. The number of carbonyl (C=O) groups is 1. The first-order chi connectivity index (χ1) is 10.7. The molecule has 0 aromatic carbocycles. The first kappa shape index (κ1) is 15.0. The average Bonchev–Trinajstić information content (AvgIpc) is 2.60. The van der Waals surface area contributed by atoms with E-state index < -0.39 is 5.97 Å². The molecule has 0 saturated carbocycles. The van der Waals surface area contributed by atoms with Gasteiger partial charge in [0.1, 0.15) is 5.52 Å². The Balaban J connectivity index is 2.16. The van der Waals surface area contributed by atoms with E-state index >= 15 is 0 Å². The zero-order valence-electron chi connectivity index (χ0n) is 12.7. The number of methoxy groups -OCH3 is 1. The van der Waals surface area contributed by atoms with E-state index in [0.717, 1.165) is 42.7 Å². The van der Waals surface area contributed by atoms with Crippen LogP contribution in [0.15, 0.2) is 17.4 Å². The molecule has 0 spiro atoms. The molecule has 1 fully saturated rings. The van der Waals surface area contributed by atoms with Crippen LogP contribution in [0.1, 0.15) is 29.8 Å². The molecule has 0 atom stereocenters. The van der Waals surface area contributed by atoms with Crippen LogP contribution in [0.25, 0.3) is 10.9 Å². The van der Waals surface area contributed by atoms with Gasteiger partial charge in [0.05, 0.1) is 7.11 Å². The van der Waals surface area contributed by atoms with Crippen molar-refractivity contribution in [1.82, 2.24) is 15.0 Å². The van der Waals surface area contributed by atoms with E-state index in [1.54, 1.807) is 12.3 Å². The molecule has 7 heteroatoms. The predicted molar refractivity (Wildman–Crippen MR) is 86.5 cm³/mol. The van der Waals surface area contributed by atoms with Gasteiger partial charge in [0.2, 0.25) is 0 Å². The summed E-state index contributed by atoms with van der Waals surface area (Å²) in [5, 5.41) is 1.52. The van der Waals surface area contributed by atoms with Gasteiger partial charge < -0.3 is 9.64 Å². The maximum Gasteiger partial charge on any atom is 0.356 e. The molecule has 2 aromatic heterocycles. The summed E-state index contributed by atoms with van der Waals surface area (Å²) in [7, 11) is 1.36. The van der Waals surface area contributed by atoms with E-state index in [1.165, 1.54) is 25.3 Å². The first-order valence-corrected chi connectivity index (χ1v) is 8.50. The molecule has 3 rings (SSSR count). The Morgan fingerprint density at radius 3 is 2.73 bits per heavy atom. The lowest BCUT2D eigenvalue weighted by atomic mass is 10.1. The average molecular weight is 318 g/mol. The lowest BCUT2D eigenvalue weighted by molar-refractivity contribution is 0.0594. The minimum atomic E-state index is -0.436. The molecule has 1 aliphatic heterocycles. The summed E-state index contributed by atoms with van der Waals surface area (Å²) < 4.78 is 4.81. The Morgan fingerprint density at radius 2 is 2.05 bits per heavy atom. The lowest BCUT2D eigenvalue weighted by Crippen LogP contribution is -2.31. The van der Waals surface area contributed by atoms with Crippen molar-refractivity contribution in [3.63, 3.8) is 0 Å². The van der Waals surface area contributed by atoms with Crippen molar-refractivity contribution in [1.29, 1.82) is 0 Å². The molecule has 1 saturated heterocycles. The van der Waals surface area contributed by atoms with Gasteiger partial charge >= 0.3 is 5.97 Å². The second-order valence-electron chi connectivity index (χ2n) is 5.16.